The van der Waals surface area contributed by atoms with Crippen molar-refractivity contribution < 1.29 is 4.74 Å². The van der Waals surface area contributed by atoms with Crippen LogP contribution in [-0.2, 0) is 0 Å². The van der Waals surface area contributed by atoms with Crippen molar-refractivity contribution in [1.82, 2.24) is 5.32 Å². The van der Waals surface area contributed by atoms with Gasteiger partial charge < -0.3 is 10.1 Å². The van der Waals surface area contributed by atoms with E-state index in [4.69, 9.17) is 16.3 Å². The van der Waals surface area contributed by atoms with E-state index in [1.54, 1.807) is 7.11 Å². The van der Waals surface area contributed by atoms with E-state index in [0.717, 1.165) is 16.7 Å². The molecule has 1 atom stereocenters. The zero-order valence-electron chi connectivity index (χ0n) is 9.79. The molecule has 1 unspecified atom stereocenters. The first-order valence-electron chi connectivity index (χ1n) is 5.75. The van der Waals surface area contributed by atoms with Gasteiger partial charge in [0.1, 0.15) is 5.75 Å². The molecule has 1 aliphatic rings. The van der Waals surface area contributed by atoms with Crippen LogP contribution in [0.25, 0.3) is 0 Å². The number of hydrogen-bond donors (Lipinski definition) is 1. The monoisotopic (exact) mass is 239 g/mol. The third-order valence-electron chi connectivity index (χ3n) is 3.20. The van der Waals surface area contributed by atoms with Crippen molar-refractivity contribution in [1.29, 1.82) is 0 Å². The van der Waals surface area contributed by atoms with Gasteiger partial charge in [0.2, 0.25) is 0 Å². The second-order valence-electron chi connectivity index (χ2n) is 4.41. The lowest BCUT2D eigenvalue weighted by molar-refractivity contribution is 0.414. The molecule has 1 saturated carbocycles. The van der Waals surface area contributed by atoms with Crippen LogP contribution in [0.15, 0.2) is 18.2 Å². The standard InChI is InChI=1S/C13H18ClNO/c1-15-13(7-9-3-4-9)11-6-5-10(16-2)8-12(11)14/h5-6,8-9,13,15H,3-4,7H2,1-2H3. The van der Waals surface area contributed by atoms with E-state index in [1.807, 2.05) is 19.2 Å². The van der Waals surface area contributed by atoms with Crippen LogP contribution in [0.1, 0.15) is 30.9 Å². The molecule has 2 rings (SSSR count). The zero-order chi connectivity index (χ0) is 11.5. The highest BCUT2D eigenvalue weighted by Crippen LogP contribution is 2.39. The minimum atomic E-state index is 0.367. The summed E-state index contributed by atoms with van der Waals surface area (Å²) in [4.78, 5) is 0. The Hall–Kier alpha value is -0.730. The normalized spacial score (nSPS) is 17.2. The van der Waals surface area contributed by atoms with Gasteiger partial charge in [-0.25, -0.2) is 0 Å². The molecule has 3 heteroatoms. The number of nitrogens with one attached hydrogen (secondary N) is 1. The van der Waals surface area contributed by atoms with Crippen molar-refractivity contribution in [3.63, 3.8) is 0 Å². The highest BCUT2D eigenvalue weighted by molar-refractivity contribution is 6.31. The Morgan fingerprint density at radius 1 is 1.50 bits per heavy atom. The van der Waals surface area contributed by atoms with E-state index in [-0.39, 0.29) is 0 Å². The summed E-state index contributed by atoms with van der Waals surface area (Å²) in [6.45, 7) is 0. The van der Waals surface area contributed by atoms with Crippen LogP contribution >= 0.6 is 11.6 Å². The molecule has 1 N–H and O–H groups in total. The van der Waals surface area contributed by atoms with Crippen molar-refractivity contribution in [2.45, 2.75) is 25.3 Å². The van der Waals surface area contributed by atoms with Crippen molar-refractivity contribution in [3.8, 4) is 5.75 Å². The molecule has 0 radical (unpaired) electrons. The van der Waals surface area contributed by atoms with Crippen LogP contribution in [-0.4, -0.2) is 14.2 Å². The molecule has 0 bridgehead atoms. The Labute approximate surface area is 102 Å². The smallest absolute Gasteiger partial charge is 0.120 e. The number of hydrogen-bond acceptors (Lipinski definition) is 2. The first-order valence-corrected chi connectivity index (χ1v) is 6.13. The number of methoxy groups -OCH3 is 1. The number of rotatable bonds is 5. The van der Waals surface area contributed by atoms with E-state index in [9.17, 15) is 0 Å². The van der Waals surface area contributed by atoms with E-state index in [1.165, 1.54) is 24.8 Å². The lowest BCUT2D eigenvalue weighted by Crippen LogP contribution is -2.17. The largest absolute Gasteiger partial charge is 0.497 e. The predicted molar refractivity (Wildman–Crippen MR) is 67.1 cm³/mol. The third-order valence-corrected chi connectivity index (χ3v) is 3.52. The van der Waals surface area contributed by atoms with Crippen molar-refractivity contribution in [3.05, 3.63) is 28.8 Å². The second-order valence-corrected chi connectivity index (χ2v) is 4.81. The van der Waals surface area contributed by atoms with Crippen LogP contribution in [0, 0.1) is 5.92 Å². The molecule has 1 fully saturated rings. The highest BCUT2D eigenvalue weighted by Gasteiger charge is 2.26. The van der Waals surface area contributed by atoms with Crippen LogP contribution in [0.3, 0.4) is 0 Å². The molecular weight excluding hydrogens is 222 g/mol. The van der Waals surface area contributed by atoms with Crippen molar-refractivity contribution in [2.24, 2.45) is 5.92 Å². The van der Waals surface area contributed by atoms with E-state index < -0.39 is 0 Å². The van der Waals surface area contributed by atoms with Gasteiger partial charge in [-0.1, -0.05) is 30.5 Å². The molecule has 0 aliphatic heterocycles. The molecule has 0 saturated heterocycles. The molecule has 0 amide bonds. The molecule has 0 heterocycles. The van der Waals surface area contributed by atoms with Gasteiger partial charge in [0.25, 0.3) is 0 Å². The third kappa shape index (κ3) is 2.69. The Morgan fingerprint density at radius 3 is 2.75 bits per heavy atom. The maximum Gasteiger partial charge on any atom is 0.120 e. The first kappa shape index (κ1) is 11.7. The predicted octanol–water partition coefficient (Wildman–Crippen LogP) is 3.41. The van der Waals surface area contributed by atoms with E-state index in [2.05, 4.69) is 11.4 Å². The highest BCUT2D eigenvalue weighted by atomic mass is 35.5. The maximum absolute atomic E-state index is 6.27. The summed E-state index contributed by atoms with van der Waals surface area (Å²) < 4.78 is 5.15. The topological polar surface area (TPSA) is 21.3 Å². The molecular formula is C13H18ClNO. The Morgan fingerprint density at radius 2 is 2.25 bits per heavy atom. The maximum atomic E-state index is 6.27. The van der Waals surface area contributed by atoms with Gasteiger partial charge in [-0.05, 0) is 37.1 Å². The van der Waals surface area contributed by atoms with Gasteiger partial charge >= 0.3 is 0 Å². The molecule has 0 spiro atoms. The van der Waals surface area contributed by atoms with Crippen LogP contribution in [0.2, 0.25) is 5.02 Å². The fraction of sp³-hybridized carbons (Fsp3) is 0.538. The SMILES string of the molecule is CNC(CC1CC1)c1ccc(OC)cc1Cl. The average molecular weight is 240 g/mol. The average Bonchev–Trinajstić information content (AvgIpc) is 3.10. The van der Waals surface area contributed by atoms with Crippen LogP contribution < -0.4 is 10.1 Å². The minimum Gasteiger partial charge on any atom is -0.497 e. The molecule has 1 aromatic rings. The van der Waals surface area contributed by atoms with Gasteiger partial charge in [-0.15, -0.1) is 0 Å². The summed E-state index contributed by atoms with van der Waals surface area (Å²) in [5.41, 5.74) is 1.18. The van der Waals surface area contributed by atoms with E-state index >= 15 is 0 Å². The fourth-order valence-corrected chi connectivity index (χ4v) is 2.31. The molecule has 2 nitrogen and oxygen atoms in total. The van der Waals surface area contributed by atoms with Crippen LogP contribution in [0.4, 0.5) is 0 Å². The number of benzene rings is 1. The lowest BCUT2D eigenvalue weighted by atomic mass is 10.0. The van der Waals surface area contributed by atoms with Gasteiger partial charge in [0.05, 0.1) is 7.11 Å². The lowest BCUT2D eigenvalue weighted by Gasteiger charge is -2.18. The van der Waals surface area contributed by atoms with Gasteiger partial charge in [-0.3, -0.25) is 0 Å². The molecule has 88 valence electrons. The fourth-order valence-electron chi connectivity index (χ4n) is 2.00. The van der Waals surface area contributed by atoms with Crippen LogP contribution in [0.5, 0.6) is 5.75 Å². The van der Waals surface area contributed by atoms with Gasteiger partial charge in [-0.2, -0.15) is 0 Å². The van der Waals surface area contributed by atoms with E-state index in [0.29, 0.717) is 6.04 Å². The first-order chi connectivity index (χ1) is 7.74. The Bertz CT molecular complexity index is 363. The summed E-state index contributed by atoms with van der Waals surface area (Å²) in [7, 11) is 3.65. The number of ether oxygens (including phenoxy) is 1. The quantitative estimate of drug-likeness (QED) is 0.850. The molecule has 1 aliphatic carbocycles. The summed E-state index contributed by atoms with van der Waals surface area (Å²) in [5.74, 6) is 1.70. The van der Waals surface area contributed by atoms with Crippen molar-refractivity contribution in [2.75, 3.05) is 14.2 Å². The summed E-state index contributed by atoms with van der Waals surface area (Å²) in [6, 6.07) is 6.28. The van der Waals surface area contributed by atoms with Crippen molar-refractivity contribution >= 4 is 11.6 Å². The minimum absolute atomic E-state index is 0.367. The summed E-state index contributed by atoms with van der Waals surface area (Å²) in [6.07, 6.45) is 3.92. The Balaban J connectivity index is 2.15. The molecule has 0 aromatic heterocycles. The summed E-state index contributed by atoms with van der Waals surface area (Å²) in [5, 5.41) is 4.13. The zero-order valence-corrected chi connectivity index (χ0v) is 10.6. The second kappa shape index (κ2) is 5.07. The number of halogens is 1. The summed E-state index contributed by atoms with van der Waals surface area (Å²) >= 11 is 6.27. The Kier molecular flexibility index (Phi) is 3.72. The molecule has 1 aromatic carbocycles. The van der Waals surface area contributed by atoms with Gasteiger partial charge in [0.15, 0.2) is 0 Å². The molecule has 16 heavy (non-hydrogen) atoms. The van der Waals surface area contributed by atoms with Gasteiger partial charge in [0, 0.05) is 11.1 Å².